The van der Waals surface area contributed by atoms with Crippen molar-refractivity contribution in [3.63, 3.8) is 0 Å². The first-order chi connectivity index (χ1) is 9.29. The molecule has 0 aromatic heterocycles. The summed E-state index contributed by atoms with van der Waals surface area (Å²) in [4.78, 5) is 0. The van der Waals surface area contributed by atoms with Gasteiger partial charge in [0, 0.05) is 17.1 Å². The Morgan fingerprint density at radius 3 is 2.20 bits per heavy atom. The van der Waals surface area contributed by atoms with Gasteiger partial charge in [0.05, 0.1) is 13.2 Å². The number of hydrogen-bond acceptors (Lipinski definition) is 3. The Morgan fingerprint density at radius 2 is 1.65 bits per heavy atom. The van der Waals surface area contributed by atoms with Crippen LogP contribution in [0.5, 0.6) is 5.75 Å². The van der Waals surface area contributed by atoms with Gasteiger partial charge < -0.3 is 14.8 Å². The fourth-order valence-electron chi connectivity index (χ4n) is 1.93. The van der Waals surface area contributed by atoms with Crippen LogP contribution in [0, 0.1) is 13.8 Å². The standard InChI is InChI=1S/C16H26ClNO2/c1-12-10-14(17)11-13(2)15(12)20-9-8-19-7-6-18-16(3,4)5/h10-11,18H,6-9H2,1-5H3. The van der Waals surface area contributed by atoms with Gasteiger partial charge in [-0.3, -0.25) is 0 Å². The first-order valence-corrected chi connectivity index (χ1v) is 7.40. The van der Waals surface area contributed by atoms with Crippen molar-refractivity contribution in [2.75, 3.05) is 26.4 Å². The minimum atomic E-state index is 0.136. The molecule has 0 unspecified atom stereocenters. The van der Waals surface area contributed by atoms with Crippen LogP contribution in [0.2, 0.25) is 5.02 Å². The summed E-state index contributed by atoms with van der Waals surface area (Å²) in [6.07, 6.45) is 0. The highest BCUT2D eigenvalue weighted by atomic mass is 35.5. The molecule has 0 aliphatic carbocycles. The van der Waals surface area contributed by atoms with Crippen LogP contribution in [-0.2, 0) is 4.74 Å². The van der Waals surface area contributed by atoms with Crippen molar-refractivity contribution in [1.29, 1.82) is 0 Å². The number of ether oxygens (including phenoxy) is 2. The van der Waals surface area contributed by atoms with Gasteiger partial charge in [-0.1, -0.05) is 11.6 Å². The average Bonchev–Trinajstić information content (AvgIpc) is 2.29. The molecule has 1 N–H and O–H groups in total. The lowest BCUT2D eigenvalue weighted by atomic mass is 10.1. The minimum Gasteiger partial charge on any atom is -0.491 e. The largest absolute Gasteiger partial charge is 0.491 e. The highest BCUT2D eigenvalue weighted by Gasteiger charge is 2.07. The third-order valence-electron chi connectivity index (χ3n) is 2.80. The molecule has 1 rings (SSSR count). The molecule has 1 aromatic carbocycles. The summed E-state index contributed by atoms with van der Waals surface area (Å²) < 4.78 is 11.3. The normalized spacial score (nSPS) is 11.7. The molecule has 0 aliphatic rings. The molecule has 3 nitrogen and oxygen atoms in total. The van der Waals surface area contributed by atoms with Crippen molar-refractivity contribution in [2.45, 2.75) is 40.2 Å². The summed E-state index contributed by atoms with van der Waals surface area (Å²) in [5, 5.41) is 4.12. The van der Waals surface area contributed by atoms with Gasteiger partial charge in [0.15, 0.2) is 0 Å². The molecule has 0 saturated heterocycles. The van der Waals surface area contributed by atoms with Crippen molar-refractivity contribution >= 4 is 11.6 Å². The zero-order valence-electron chi connectivity index (χ0n) is 13.2. The zero-order valence-corrected chi connectivity index (χ0v) is 13.9. The second-order valence-corrected chi connectivity index (χ2v) is 6.44. The Labute approximate surface area is 127 Å². The van der Waals surface area contributed by atoms with E-state index in [0.717, 1.165) is 28.4 Å². The van der Waals surface area contributed by atoms with Gasteiger partial charge in [-0.2, -0.15) is 0 Å². The van der Waals surface area contributed by atoms with Gasteiger partial charge in [0.1, 0.15) is 12.4 Å². The first kappa shape index (κ1) is 17.3. The van der Waals surface area contributed by atoms with Crippen molar-refractivity contribution in [1.82, 2.24) is 5.32 Å². The summed E-state index contributed by atoms with van der Waals surface area (Å²) in [5.41, 5.74) is 2.26. The molecule has 0 amide bonds. The molecule has 0 fully saturated rings. The van der Waals surface area contributed by atoms with E-state index < -0.39 is 0 Å². The van der Waals surface area contributed by atoms with E-state index in [4.69, 9.17) is 21.1 Å². The smallest absolute Gasteiger partial charge is 0.125 e. The fraction of sp³-hybridized carbons (Fsp3) is 0.625. The molecule has 4 heteroatoms. The molecule has 0 saturated carbocycles. The van der Waals surface area contributed by atoms with Crippen LogP contribution >= 0.6 is 11.6 Å². The molecule has 0 bridgehead atoms. The number of benzene rings is 1. The Kier molecular flexibility index (Phi) is 6.80. The van der Waals surface area contributed by atoms with E-state index in [9.17, 15) is 0 Å². The number of nitrogens with one attached hydrogen (secondary N) is 1. The van der Waals surface area contributed by atoms with Gasteiger partial charge in [-0.15, -0.1) is 0 Å². The summed E-state index contributed by atoms with van der Waals surface area (Å²) in [5.74, 6) is 0.908. The van der Waals surface area contributed by atoms with Gasteiger partial charge in [0.2, 0.25) is 0 Å². The lowest BCUT2D eigenvalue weighted by Gasteiger charge is -2.20. The van der Waals surface area contributed by atoms with E-state index >= 15 is 0 Å². The molecule has 0 aliphatic heterocycles. The number of rotatable bonds is 7. The zero-order chi connectivity index (χ0) is 15.2. The maximum absolute atomic E-state index is 5.99. The predicted octanol–water partition coefficient (Wildman–Crippen LogP) is 3.74. The third-order valence-corrected chi connectivity index (χ3v) is 3.02. The molecule has 1 aromatic rings. The van der Waals surface area contributed by atoms with Gasteiger partial charge in [0.25, 0.3) is 0 Å². The lowest BCUT2D eigenvalue weighted by Crippen LogP contribution is -2.38. The van der Waals surface area contributed by atoms with Crippen LogP contribution in [0.25, 0.3) is 0 Å². The Bertz CT molecular complexity index is 404. The number of hydrogen-bond donors (Lipinski definition) is 1. The molecule has 20 heavy (non-hydrogen) atoms. The molecule has 0 spiro atoms. The summed E-state index contributed by atoms with van der Waals surface area (Å²) in [6, 6.07) is 3.83. The van der Waals surface area contributed by atoms with Crippen molar-refractivity contribution < 1.29 is 9.47 Å². The second kappa shape index (κ2) is 7.87. The van der Waals surface area contributed by atoms with E-state index in [1.54, 1.807) is 0 Å². The van der Waals surface area contributed by atoms with Gasteiger partial charge in [-0.25, -0.2) is 0 Å². The van der Waals surface area contributed by atoms with Crippen LogP contribution in [0.15, 0.2) is 12.1 Å². The van der Waals surface area contributed by atoms with E-state index in [2.05, 4.69) is 26.1 Å². The number of halogens is 1. The molecule has 114 valence electrons. The van der Waals surface area contributed by atoms with Crippen LogP contribution in [0.1, 0.15) is 31.9 Å². The van der Waals surface area contributed by atoms with Crippen molar-refractivity contribution in [2.24, 2.45) is 0 Å². The fourth-order valence-corrected chi connectivity index (χ4v) is 2.26. The van der Waals surface area contributed by atoms with E-state index in [1.807, 2.05) is 26.0 Å². The lowest BCUT2D eigenvalue weighted by molar-refractivity contribution is 0.0980. The molecular weight excluding hydrogens is 274 g/mol. The second-order valence-electron chi connectivity index (χ2n) is 6.01. The summed E-state index contributed by atoms with van der Waals surface area (Å²) >= 11 is 5.99. The van der Waals surface area contributed by atoms with E-state index in [0.29, 0.717) is 19.8 Å². The van der Waals surface area contributed by atoms with Crippen molar-refractivity contribution in [3.8, 4) is 5.75 Å². The average molecular weight is 300 g/mol. The van der Waals surface area contributed by atoms with Crippen LogP contribution in [0.4, 0.5) is 0 Å². The van der Waals surface area contributed by atoms with Crippen LogP contribution in [0.3, 0.4) is 0 Å². The van der Waals surface area contributed by atoms with Gasteiger partial charge >= 0.3 is 0 Å². The Balaban J connectivity index is 2.22. The van der Waals surface area contributed by atoms with Gasteiger partial charge in [-0.05, 0) is 57.9 Å². The molecule has 0 radical (unpaired) electrons. The Hall–Kier alpha value is -0.770. The highest BCUT2D eigenvalue weighted by Crippen LogP contribution is 2.26. The summed E-state index contributed by atoms with van der Waals surface area (Å²) in [6.45, 7) is 13.1. The maximum Gasteiger partial charge on any atom is 0.125 e. The quantitative estimate of drug-likeness (QED) is 0.778. The molecule has 0 atom stereocenters. The van der Waals surface area contributed by atoms with E-state index in [1.165, 1.54) is 0 Å². The highest BCUT2D eigenvalue weighted by molar-refractivity contribution is 6.30. The molecule has 0 heterocycles. The predicted molar refractivity (Wildman–Crippen MR) is 85.0 cm³/mol. The minimum absolute atomic E-state index is 0.136. The Morgan fingerprint density at radius 1 is 1.05 bits per heavy atom. The van der Waals surface area contributed by atoms with Crippen LogP contribution in [-0.4, -0.2) is 31.9 Å². The summed E-state index contributed by atoms with van der Waals surface area (Å²) in [7, 11) is 0. The van der Waals surface area contributed by atoms with E-state index in [-0.39, 0.29) is 5.54 Å². The SMILES string of the molecule is Cc1cc(Cl)cc(C)c1OCCOCCNC(C)(C)C. The maximum atomic E-state index is 5.99. The first-order valence-electron chi connectivity index (χ1n) is 7.02. The monoisotopic (exact) mass is 299 g/mol. The van der Waals surface area contributed by atoms with Crippen LogP contribution < -0.4 is 10.1 Å². The van der Waals surface area contributed by atoms with Crippen molar-refractivity contribution in [3.05, 3.63) is 28.3 Å². The number of aryl methyl sites for hydroxylation is 2. The molecular formula is C16H26ClNO2. The topological polar surface area (TPSA) is 30.5 Å². The third kappa shape index (κ3) is 6.60.